The van der Waals surface area contributed by atoms with Gasteiger partial charge in [0.05, 0.1) is 6.54 Å². The van der Waals surface area contributed by atoms with Gasteiger partial charge in [0.2, 0.25) is 0 Å². The number of carbonyl (C=O) groups excluding carboxylic acids is 2. The Morgan fingerprint density at radius 3 is 2.73 bits per heavy atom. The van der Waals surface area contributed by atoms with Crippen molar-refractivity contribution in [3.8, 4) is 5.75 Å². The number of urea groups is 1. The first-order valence-electron chi connectivity index (χ1n) is 7.86. The molecule has 1 N–H and O–H groups in total. The number of carbonyl (C=O) groups is 2. The van der Waals surface area contributed by atoms with Crippen LogP contribution in [0, 0.1) is 0 Å². The van der Waals surface area contributed by atoms with E-state index in [9.17, 15) is 9.59 Å². The summed E-state index contributed by atoms with van der Waals surface area (Å²) < 4.78 is 5.66. The highest BCUT2D eigenvalue weighted by atomic mass is 16.5. The Morgan fingerprint density at radius 2 is 2.05 bits per heavy atom. The fourth-order valence-corrected chi connectivity index (χ4v) is 2.73. The van der Waals surface area contributed by atoms with Crippen LogP contribution in [0.5, 0.6) is 5.75 Å². The van der Waals surface area contributed by atoms with Gasteiger partial charge >= 0.3 is 6.03 Å². The Hall–Kier alpha value is -2.04. The quantitative estimate of drug-likeness (QED) is 0.788. The average Bonchev–Trinajstić information content (AvgIpc) is 2.71. The molecule has 1 aromatic rings. The average molecular weight is 304 g/mol. The van der Waals surface area contributed by atoms with E-state index in [1.54, 1.807) is 6.92 Å². The molecule has 0 aromatic heterocycles. The lowest BCUT2D eigenvalue weighted by Gasteiger charge is -2.20. The van der Waals surface area contributed by atoms with Gasteiger partial charge in [-0.2, -0.15) is 0 Å². The molecule has 0 saturated carbocycles. The van der Waals surface area contributed by atoms with Gasteiger partial charge in [-0.05, 0) is 37.5 Å². The van der Waals surface area contributed by atoms with Crippen molar-refractivity contribution in [2.45, 2.75) is 45.6 Å². The van der Waals surface area contributed by atoms with Crippen molar-refractivity contribution in [3.05, 3.63) is 29.8 Å². The highest BCUT2D eigenvalue weighted by molar-refractivity contribution is 6.06. The summed E-state index contributed by atoms with van der Waals surface area (Å²) in [6.45, 7) is 6.43. The van der Waals surface area contributed by atoms with Crippen molar-refractivity contribution in [1.29, 1.82) is 0 Å². The molecule has 1 fully saturated rings. The maximum Gasteiger partial charge on any atom is 0.325 e. The minimum atomic E-state index is -0.770. The Bertz CT molecular complexity index is 559. The van der Waals surface area contributed by atoms with Crippen LogP contribution in [-0.4, -0.2) is 35.5 Å². The summed E-state index contributed by atoms with van der Waals surface area (Å²) >= 11 is 0. The van der Waals surface area contributed by atoms with E-state index in [0.29, 0.717) is 13.0 Å². The topological polar surface area (TPSA) is 58.6 Å². The van der Waals surface area contributed by atoms with E-state index in [-0.39, 0.29) is 18.5 Å². The molecule has 1 saturated heterocycles. The molecule has 22 heavy (non-hydrogen) atoms. The summed E-state index contributed by atoms with van der Waals surface area (Å²) in [5.41, 5.74) is 0.427. The second-order valence-corrected chi connectivity index (χ2v) is 5.82. The van der Waals surface area contributed by atoms with Crippen molar-refractivity contribution in [2.75, 3.05) is 13.2 Å². The molecular formula is C17H24N2O3. The van der Waals surface area contributed by atoms with Gasteiger partial charge in [0.1, 0.15) is 17.9 Å². The molecule has 1 atom stereocenters. The Balaban J connectivity index is 1.91. The van der Waals surface area contributed by atoms with Crippen LogP contribution in [0.25, 0.3) is 0 Å². The molecule has 5 heteroatoms. The highest BCUT2D eigenvalue weighted by Crippen LogP contribution is 2.22. The molecule has 1 heterocycles. The number of rotatable bonds is 7. The summed E-state index contributed by atoms with van der Waals surface area (Å²) in [7, 11) is 0. The molecule has 2 rings (SSSR count). The number of nitrogens with one attached hydrogen (secondary N) is 1. The summed E-state index contributed by atoms with van der Waals surface area (Å²) in [5.74, 6) is 0.605. The maximum atomic E-state index is 12.4. The fraction of sp³-hybridized carbons (Fsp3) is 0.529. The van der Waals surface area contributed by atoms with Crippen LogP contribution in [0.3, 0.4) is 0 Å². The first kappa shape index (κ1) is 16.3. The lowest BCUT2D eigenvalue weighted by atomic mass is 9.96. The third kappa shape index (κ3) is 3.40. The molecule has 5 nitrogen and oxygen atoms in total. The third-order valence-electron chi connectivity index (χ3n) is 3.99. The van der Waals surface area contributed by atoms with Crippen molar-refractivity contribution >= 4 is 11.9 Å². The first-order valence-corrected chi connectivity index (χ1v) is 7.86. The zero-order valence-electron chi connectivity index (χ0n) is 13.5. The van der Waals surface area contributed by atoms with Gasteiger partial charge < -0.3 is 10.1 Å². The molecule has 0 bridgehead atoms. The standard InChI is InChI=1S/C17H24N2O3/c1-4-9-17(3)15(20)19(16(21)18-17)10-11-22-14-8-6-7-13(5-2)12-14/h6-8,12H,4-5,9-11H2,1-3H3,(H,18,21). The number of hydrogen-bond donors (Lipinski definition) is 1. The monoisotopic (exact) mass is 304 g/mol. The van der Waals surface area contributed by atoms with Gasteiger partial charge in [0, 0.05) is 0 Å². The van der Waals surface area contributed by atoms with E-state index in [1.807, 2.05) is 31.2 Å². The smallest absolute Gasteiger partial charge is 0.325 e. The van der Waals surface area contributed by atoms with Crippen LogP contribution in [0.15, 0.2) is 24.3 Å². The number of amides is 3. The molecule has 3 amide bonds. The molecule has 0 radical (unpaired) electrons. The SMILES string of the molecule is CCCC1(C)NC(=O)N(CCOc2cccc(CC)c2)C1=O. The van der Waals surface area contributed by atoms with Gasteiger partial charge in [0.15, 0.2) is 0 Å². The van der Waals surface area contributed by atoms with Crippen molar-refractivity contribution in [3.63, 3.8) is 0 Å². The summed E-state index contributed by atoms with van der Waals surface area (Å²) in [6.07, 6.45) is 2.43. The lowest BCUT2D eigenvalue weighted by Crippen LogP contribution is -2.44. The van der Waals surface area contributed by atoms with Gasteiger partial charge in [-0.15, -0.1) is 0 Å². The number of aryl methyl sites for hydroxylation is 1. The Morgan fingerprint density at radius 1 is 1.27 bits per heavy atom. The van der Waals surface area contributed by atoms with Crippen LogP contribution >= 0.6 is 0 Å². The zero-order valence-corrected chi connectivity index (χ0v) is 13.5. The van der Waals surface area contributed by atoms with Crippen LogP contribution < -0.4 is 10.1 Å². The van der Waals surface area contributed by atoms with Crippen molar-refractivity contribution < 1.29 is 14.3 Å². The molecular weight excluding hydrogens is 280 g/mol. The summed E-state index contributed by atoms with van der Waals surface area (Å²) in [5, 5.41) is 2.78. The lowest BCUT2D eigenvalue weighted by molar-refractivity contribution is -0.131. The number of benzene rings is 1. The number of hydrogen-bond acceptors (Lipinski definition) is 3. The largest absolute Gasteiger partial charge is 0.492 e. The predicted molar refractivity (Wildman–Crippen MR) is 84.9 cm³/mol. The van der Waals surface area contributed by atoms with E-state index in [1.165, 1.54) is 10.5 Å². The van der Waals surface area contributed by atoms with Crippen LogP contribution in [0.1, 0.15) is 39.2 Å². The second-order valence-electron chi connectivity index (χ2n) is 5.82. The van der Waals surface area contributed by atoms with Crippen molar-refractivity contribution in [1.82, 2.24) is 10.2 Å². The first-order chi connectivity index (χ1) is 10.5. The van der Waals surface area contributed by atoms with E-state index in [4.69, 9.17) is 4.74 Å². The van der Waals surface area contributed by atoms with E-state index in [0.717, 1.165) is 18.6 Å². The molecule has 1 aliphatic heterocycles. The number of nitrogens with zero attached hydrogens (tertiary/aromatic N) is 1. The fourth-order valence-electron chi connectivity index (χ4n) is 2.73. The zero-order chi connectivity index (χ0) is 16.2. The van der Waals surface area contributed by atoms with Crippen molar-refractivity contribution in [2.24, 2.45) is 0 Å². The molecule has 0 aliphatic carbocycles. The van der Waals surface area contributed by atoms with E-state index in [2.05, 4.69) is 12.2 Å². The molecule has 1 unspecified atom stereocenters. The molecule has 1 aromatic carbocycles. The van der Waals surface area contributed by atoms with Gasteiger partial charge in [-0.25, -0.2) is 4.79 Å². The second kappa shape index (κ2) is 6.81. The Labute approximate surface area is 131 Å². The minimum Gasteiger partial charge on any atom is -0.492 e. The highest BCUT2D eigenvalue weighted by Gasteiger charge is 2.46. The van der Waals surface area contributed by atoms with Gasteiger partial charge in [-0.1, -0.05) is 32.4 Å². The summed E-state index contributed by atoms with van der Waals surface area (Å²) in [6, 6.07) is 7.52. The van der Waals surface area contributed by atoms with Crippen LogP contribution in [0.4, 0.5) is 4.79 Å². The summed E-state index contributed by atoms with van der Waals surface area (Å²) in [4.78, 5) is 25.6. The predicted octanol–water partition coefficient (Wildman–Crippen LogP) is 2.74. The minimum absolute atomic E-state index is 0.162. The molecule has 0 spiro atoms. The maximum absolute atomic E-state index is 12.4. The Kier molecular flexibility index (Phi) is 5.06. The number of ether oxygens (including phenoxy) is 1. The van der Waals surface area contributed by atoms with Crippen LogP contribution in [-0.2, 0) is 11.2 Å². The van der Waals surface area contributed by atoms with Gasteiger partial charge in [-0.3, -0.25) is 9.69 Å². The van der Waals surface area contributed by atoms with E-state index < -0.39 is 5.54 Å². The molecule has 1 aliphatic rings. The molecule has 120 valence electrons. The normalized spacial score (nSPS) is 21.1. The van der Waals surface area contributed by atoms with Crippen LogP contribution in [0.2, 0.25) is 0 Å². The third-order valence-corrected chi connectivity index (χ3v) is 3.99. The van der Waals surface area contributed by atoms with Gasteiger partial charge in [0.25, 0.3) is 5.91 Å². The number of imide groups is 1. The van der Waals surface area contributed by atoms with E-state index >= 15 is 0 Å².